The molecule has 2 aromatic carbocycles. The van der Waals surface area contributed by atoms with Crippen LogP contribution in [0.5, 0.6) is 11.5 Å². The van der Waals surface area contributed by atoms with Gasteiger partial charge in [0.05, 0.1) is 0 Å². The average molecular weight is 306 g/mol. The number of aromatic hydroxyl groups is 1. The van der Waals surface area contributed by atoms with Gasteiger partial charge in [-0.1, -0.05) is 23.7 Å². The molecule has 0 heterocycles. The molecule has 0 aliphatic heterocycles. The van der Waals surface area contributed by atoms with E-state index in [0.29, 0.717) is 5.02 Å². The molecule has 0 aliphatic carbocycles. The van der Waals surface area contributed by atoms with E-state index >= 15 is 0 Å². The van der Waals surface area contributed by atoms with Crippen molar-refractivity contribution in [2.24, 2.45) is 0 Å². The van der Waals surface area contributed by atoms with E-state index in [4.69, 9.17) is 26.9 Å². The van der Waals surface area contributed by atoms with Crippen molar-refractivity contribution in [3.05, 3.63) is 58.1 Å². The fraction of sp³-hybridized carbons (Fsp3) is 0.0667. The minimum atomic E-state index is -1.32. The summed E-state index contributed by atoms with van der Waals surface area (Å²) in [7, 11) is 0. The second-order valence-corrected chi connectivity index (χ2v) is 4.68. The van der Waals surface area contributed by atoms with E-state index in [1.165, 1.54) is 12.1 Å². The fourth-order valence-electron chi connectivity index (χ4n) is 1.80. The number of aromatic carboxylic acids is 1. The van der Waals surface area contributed by atoms with Gasteiger partial charge in [-0.25, -0.2) is 4.79 Å². The number of carbonyl (C=O) groups is 1. The normalized spacial score (nSPS) is 10.1. The topological polar surface area (TPSA) is 90.6 Å². The lowest BCUT2D eigenvalue weighted by atomic mass is 10.1. The molecule has 0 aromatic heterocycles. The van der Waals surface area contributed by atoms with Crippen molar-refractivity contribution in [2.45, 2.75) is 6.61 Å². The van der Waals surface area contributed by atoms with Crippen molar-refractivity contribution in [2.75, 3.05) is 0 Å². The summed E-state index contributed by atoms with van der Waals surface area (Å²) in [6.07, 6.45) is 0.975. The van der Waals surface area contributed by atoms with Crippen LogP contribution in [0.15, 0.2) is 36.4 Å². The monoisotopic (exact) mass is 305 g/mol. The molecule has 21 heavy (non-hydrogen) atoms. The Bertz CT molecular complexity index is 683. The van der Waals surface area contributed by atoms with Crippen molar-refractivity contribution in [1.82, 2.24) is 0 Å². The van der Waals surface area contributed by atoms with E-state index in [0.717, 1.165) is 11.8 Å². The van der Waals surface area contributed by atoms with Gasteiger partial charge in [0, 0.05) is 16.8 Å². The number of hydrogen-bond acceptors (Lipinski definition) is 4. The molecule has 0 bridgehead atoms. The number of benzene rings is 2. The maximum Gasteiger partial charge on any atom is 0.343 e. The maximum absolute atomic E-state index is 11.2. The number of carboxylic acids is 1. The Morgan fingerprint density at radius 1 is 1.24 bits per heavy atom. The highest BCUT2D eigenvalue weighted by atomic mass is 35.5. The van der Waals surface area contributed by atoms with Crippen molar-refractivity contribution < 1.29 is 19.7 Å². The second-order valence-electron chi connectivity index (χ2n) is 4.24. The number of halogens is 1. The van der Waals surface area contributed by atoms with E-state index in [1.54, 1.807) is 24.3 Å². The van der Waals surface area contributed by atoms with Crippen molar-refractivity contribution in [1.29, 1.82) is 5.41 Å². The molecule has 0 saturated carbocycles. The maximum atomic E-state index is 11.2. The zero-order valence-corrected chi connectivity index (χ0v) is 11.6. The molecule has 6 heteroatoms. The Balaban J connectivity index is 2.33. The molecule has 2 aromatic rings. The van der Waals surface area contributed by atoms with E-state index in [-0.39, 0.29) is 23.5 Å². The third-order valence-corrected chi connectivity index (χ3v) is 3.08. The standard InChI is InChI=1S/C15H12ClNO4/c16-11-4-1-9(2-5-11)8-21-14-10(7-17)3-6-12(18)13(14)15(19)20/h1-7,17-18H,8H2,(H,19,20). The van der Waals surface area contributed by atoms with Crippen LogP contribution in [0.25, 0.3) is 0 Å². The Kier molecular flexibility index (Phi) is 4.45. The lowest BCUT2D eigenvalue weighted by Crippen LogP contribution is -2.06. The lowest BCUT2D eigenvalue weighted by Gasteiger charge is -2.13. The van der Waals surface area contributed by atoms with Crippen molar-refractivity contribution >= 4 is 23.8 Å². The molecule has 108 valence electrons. The molecular formula is C15H12ClNO4. The largest absolute Gasteiger partial charge is 0.507 e. The zero-order valence-electron chi connectivity index (χ0n) is 10.8. The van der Waals surface area contributed by atoms with E-state index < -0.39 is 11.7 Å². The summed E-state index contributed by atoms with van der Waals surface area (Å²) in [4.78, 5) is 11.2. The number of carboxylic acid groups (broad SMARTS) is 1. The predicted octanol–water partition coefficient (Wildman–Crippen LogP) is 3.32. The van der Waals surface area contributed by atoms with E-state index in [2.05, 4.69) is 0 Å². The third kappa shape index (κ3) is 3.32. The minimum Gasteiger partial charge on any atom is -0.507 e. The zero-order chi connectivity index (χ0) is 15.4. The van der Waals surface area contributed by atoms with Gasteiger partial charge < -0.3 is 20.4 Å². The molecule has 0 fully saturated rings. The highest BCUT2D eigenvalue weighted by Crippen LogP contribution is 2.31. The van der Waals surface area contributed by atoms with Crippen LogP contribution in [0.4, 0.5) is 0 Å². The Morgan fingerprint density at radius 3 is 2.48 bits per heavy atom. The average Bonchev–Trinajstić information content (AvgIpc) is 2.46. The van der Waals surface area contributed by atoms with Gasteiger partial charge in [0.2, 0.25) is 0 Å². The fourth-order valence-corrected chi connectivity index (χ4v) is 1.93. The van der Waals surface area contributed by atoms with Crippen LogP contribution in [0.1, 0.15) is 21.5 Å². The Labute approximate surface area is 125 Å². The summed E-state index contributed by atoms with van der Waals surface area (Å²) in [5.74, 6) is -1.76. The molecule has 0 spiro atoms. The quantitative estimate of drug-likeness (QED) is 0.739. The van der Waals surface area contributed by atoms with Crippen molar-refractivity contribution in [3.8, 4) is 11.5 Å². The summed E-state index contributed by atoms with van der Waals surface area (Å²) < 4.78 is 5.49. The third-order valence-electron chi connectivity index (χ3n) is 2.83. The summed E-state index contributed by atoms with van der Waals surface area (Å²) in [6.45, 7) is 0.0990. The van der Waals surface area contributed by atoms with Gasteiger partial charge in [-0.3, -0.25) is 0 Å². The first-order valence-corrected chi connectivity index (χ1v) is 6.37. The van der Waals surface area contributed by atoms with Gasteiger partial charge in [0.25, 0.3) is 0 Å². The molecule has 0 aliphatic rings. The highest BCUT2D eigenvalue weighted by molar-refractivity contribution is 6.30. The Hall–Kier alpha value is -2.53. The molecule has 2 rings (SSSR count). The van der Waals surface area contributed by atoms with Gasteiger partial charge in [-0.15, -0.1) is 0 Å². The van der Waals surface area contributed by atoms with Gasteiger partial charge in [0.15, 0.2) is 0 Å². The number of ether oxygens (including phenoxy) is 1. The van der Waals surface area contributed by atoms with Crippen LogP contribution in [-0.2, 0) is 6.61 Å². The number of phenols is 1. The van der Waals surface area contributed by atoms with Crippen LogP contribution < -0.4 is 4.74 Å². The van der Waals surface area contributed by atoms with Crippen LogP contribution in [0.2, 0.25) is 5.02 Å². The van der Waals surface area contributed by atoms with Crippen LogP contribution in [-0.4, -0.2) is 22.4 Å². The first-order chi connectivity index (χ1) is 10.0. The number of rotatable bonds is 5. The SMILES string of the molecule is N=Cc1ccc(O)c(C(=O)O)c1OCc1ccc(Cl)cc1. The van der Waals surface area contributed by atoms with Crippen LogP contribution in [0, 0.1) is 5.41 Å². The molecular weight excluding hydrogens is 294 g/mol. The van der Waals surface area contributed by atoms with Crippen molar-refractivity contribution in [3.63, 3.8) is 0 Å². The smallest absolute Gasteiger partial charge is 0.343 e. The second kappa shape index (κ2) is 6.28. The van der Waals surface area contributed by atoms with Gasteiger partial charge in [-0.2, -0.15) is 0 Å². The number of hydrogen-bond donors (Lipinski definition) is 3. The predicted molar refractivity (Wildman–Crippen MR) is 78.7 cm³/mol. The van der Waals surface area contributed by atoms with Gasteiger partial charge in [-0.05, 0) is 29.8 Å². The molecule has 0 unspecified atom stereocenters. The molecule has 0 atom stereocenters. The lowest BCUT2D eigenvalue weighted by molar-refractivity contribution is 0.0688. The molecule has 5 nitrogen and oxygen atoms in total. The molecule has 0 radical (unpaired) electrons. The molecule has 0 amide bonds. The first kappa shape index (κ1) is 14.9. The van der Waals surface area contributed by atoms with E-state index in [9.17, 15) is 9.90 Å². The van der Waals surface area contributed by atoms with Gasteiger partial charge >= 0.3 is 5.97 Å². The van der Waals surface area contributed by atoms with Crippen LogP contribution in [0.3, 0.4) is 0 Å². The summed E-state index contributed by atoms with van der Waals surface area (Å²) in [5.41, 5.74) is 0.708. The highest BCUT2D eigenvalue weighted by Gasteiger charge is 2.20. The van der Waals surface area contributed by atoms with Gasteiger partial charge in [0.1, 0.15) is 23.7 Å². The van der Waals surface area contributed by atoms with Crippen LogP contribution >= 0.6 is 11.6 Å². The molecule has 3 N–H and O–H groups in total. The summed E-state index contributed by atoms with van der Waals surface area (Å²) in [5, 5.41) is 26.7. The molecule has 0 saturated heterocycles. The summed E-state index contributed by atoms with van der Waals surface area (Å²) >= 11 is 5.78. The Morgan fingerprint density at radius 2 is 1.90 bits per heavy atom. The minimum absolute atomic E-state index is 0.0348. The number of nitrogens with one attached hydrogen (secondary N) is 1. The first-order valence-electron chi connectivity index (χ1n) is 6.00. The van der Waals surface area contributed by atoms with E-state index in [1.807, 2.05) is 0 Å². The summed E-state index contributed by atoms with van der Waals surface area (Å²) in [6, 6.07) is 9.52.